The molecule has 2 aliphatic rings. The van der Waals surface area contributed by atoms with Crippen molar-refractivity contribution in [3.05, 3.63) is 254 Å². The van der Waals surface area contributed by atoms with E-state index in [1.165, 1.54) is 71.2 Å². The second-order valence-corrected chi connectivity index (χ2v) is 17.2. The van der Waals surface area contributed by atoms with Crippen molar-refractivity contribution in [3.63, 3.8) is 0 Å². The molecule has 0 radical (unpaired) electrons. The van der Waals surface area contributed by atoms with Gasteiger partial charge in [-0.1, -0.05) is 182 Å². The number of ether oxygens (including phenoxy) is 1. The molecule has 1 aromatic heterocycles. The third-order valence-corrected chi connectivity index (χ3v) is 13.5. The van der Waals surface area contributed by atoms with Gasteiger partial charge in [0.1, 0.15) is 11.9 Å². The molecule has 1 aliphatic carbocycles. The van der Waals surface area contributed by atoms with Crippen LogP contribution < -0.4 is 9.64 Å². The Morgan fingerprint density at radius 2 is 1.08 bits per heavy atom. The SMILES string of the molecule is C1=CC2c3ccccc3OC2C(c2cccc(-c3ccc(N(c4cccc(-c5ccccc5-n5c6ccccc6c6ccccc65)c4)c4cc5ccccc5c5ccccc45)cc3)c2)=C1. The summed E-state index contributed by atoms with van der Waals surface area (Å²) in [4.78, 5) is 2.44. The topological polar surface area (TPSA) is 17.4 Å². The third-order valence-electron chi connectivity index (χ3n) is 13.5. The summed E-state index contributed by atoms with van der Waals surface area (Å²) in [7, 11) is 0. The van der Waals surface area contributed by atoms with Crippen molar-refractivity contribution in [2.45, 2.75) is 12.0 Å². The summed E-state index contributed by atoms with van der Waals surface area (Å²) in [6.45, 7) is 0. The summed E-state index contributed by atoms with van der Waals surface area (Å²) in [5, 5.41) is 7.39. The molecule has 65 heavy (non-hydrogen) atoms. The average molecular weight is 831 g/mol. The maximum atomic E-state index is 6.58. The normalized spacial score (nSPS) is 15.2. The molecule has 0 saturated heterocycles. The molecule has 2 unspecified atom stereocenters. The molecule has 0 fully saturated rings. The summed E-state index contributed by atoms with van der Waals surface area (Å²) < 4.78 is 9.00. The number of allylic oxidation sites excluding steroid dienone is 2. The molecule has 10 aromatic carbocycles. The Kier molecular flexibility index (Phi) is 8.67. The lowest BCUT2D eigenvalue weighted by Gasteiger charge is -2.28. The van der Waals surface area contributed by atoms with Crippen molar-refractivity contribution >= 4 is 66.0 Å². The Labute approximate surface area is 378 Å². The monoisotopic (exact) mass is 830 g/mol. The molecule has 3 heteroatoms. The summed E-state index contributed by atoms with van der Waals surface area (Å²) in [5.41, 5.74) is 15.1. The zero-order valence-electron chi connectivity index (χ0n) is 35.6. The lowest BCUT2D eigenvalue weighted by molar-refractivity contribution is 0.278. The first-order chi connectivity index (χ1) is 32.2. The van der Waals surface area contributed by atoms with E-state index in [9.17, 15) is 0 Å². The maximum Gasteiger partial charge on any atom is 0.135 e. The van der Waals surface area contributed by atoms with Crippen LogP contribution >= 0.6 is 0 Å². The van der Waals surface area contributed by atoms with Crippen LogP contribution in [0.2, 0.25) is 0 Å². The molecule has 0 saturated carbocycles. The van der Waals surface area contributed by atoms with E-state index >= 15 is 0 Å². The number of fused-ring (bicyclic) bond motifs is 9. The smallest absolute Gasteiger partial charge is 0.135 e. The quantitative estimate of drug-likeness (QED) is 0.149. The third kappa shape index (κ3) is 6.12. The first kappa shape index (κ1) is 37.2. The standard InChI is InChI=1S/C62H42N2O/c1-2-21-48-45(16-1)40-60(52-24-4-3-23-51(48)52)63(46-36-34-41(35-37-46)42-17-13-18-43(38-42)50-28-15-29-56-55-27-8-12-33-61(55)65-62(50)56)47-20-14-19-44(39-47)49-22-5-9-30-57(49)64-58-31-10-6-25-53(58)54-26-7-11-32-59(54)64/h1-40,56,62H. The lowest BCUT2D eigenvalue weighted by Crippen LogP contribution is -2.21. The highest BCUT2D eigenvalue weighted by Gasteiger charge is 2.36. The van der Waals surface area contributed by atoms with E-state index in [1.54, 1.807) is 0 Å². The first-order valence-corrected chi connectivity index (χ1v) is 22.5. The molecule has 3 nitrogen and oxygen atoms in total. The average Bonchev–Trinajstić information content (AvgIpc) is 3.93. The van der Waals surface area contributed by atoms with Crippen molar-refractivity contribution in [1.29, 1.82) is 0 Å². The zero-order valence-corrected chi connectivity index (χ0v) is 35.6. The number of hydrogen-bond donors (Lipinski definition) is 0. The highest BCUT2D eigenvalue weighted by Crippen LogP contribution is 2.47. The van der Waals surface area contributed by atoms with Gasteiger partial charge in [0.15, 0.2) is 0 Å². The molecule has 306 valence electrons. The molecule has 1 aliphatic heterocycles. The number of rotatable bonds is 7. The van der Waals surface area contributed by atoms with Gasteiger partial charge in [-0.25, -0.2) is 0 Å². The van der Waals surface area contributed by atoms with E-state index in [1.807, 2.05) is 0 Å². The van der Waals surface area contributed by atoms with Crippen molar-refractivity contribution in [3.8, 4) is 33.7 Å². The summed E-state index contributed by atoms with van der Waals surface area (Å²) in [6.07, 6.45) is 6.64. The van der Waals surface area contributed by atoms with E-state index in [-0.39, 0.29) is 12.0 Å². The summed E-state index contributed by atoms with van der Waals surface area (Å²) in [5.74, 6) is 1.19. The predicted molar refractivity (Wildman–Crippen MR) is 272 cm³/mol. The van der Waals surface area contributed by atoms with Gasteiger partial charge in [-0.05, 0) is 99.1 Å². The Morgan fingerprint density at radius 3 is 1.91 bits per heavy atom. The van der Waals surface area contributed by atoms with Gasteiger partial charge in [-0.2, -0.15) is 0 Å². The van der Waals surface area contributed by atoms with Gasteiger partial charge in [-0.3, -0.25) is 0 Å². The molecule has 2 atom stereocenters. The Morgan fingerprint density at radius 1 is 0.431 bits per heavy atom. The molecular weight excluding hydrogens is 789 g/mol. The second kappa shape index (κ2) is 15.1. The molecule has 13 rings (SSSR count). The van der Waals surface area contributed by atoms with Crippen molar-refractivity contribution in [2.24, 2.45) is 0 Å². The fourth-order valence-corrected chi connectivity index (χ4v) is 10.6. The van der Waals surface area contributed by atoms with E-state index in [4.69, 9.17) is 4.74 Å². The Balaban J connectivity index is 0.936. The van der Waals surface area contributed by atoms with Gasteiger partial charge in [0, 0.05) is 50.2 Å². The minimum atomic E-state index is -0.0370. The largest absolute Gasteiger partial charge is 0.484 e. The number of anilines is 3. The first-order valence-electron chi connectivity index (χ1n) is 22.5. The molecule has 11 aromatic rings. The van der Waals surface area contributed by atoms with Crippen molar-refractivity contribution < 1.29 is 4.74 Å². The van der Waals surface area contributed by atoms with Gasteiger partial charge in [0.25, 0.3) is 0 Å². The van der Waals surface area contributed by atoms with Crippen LogP contribution in [0.4, 0.5) is 17.1 Å². The van der Waals surface area contributed by atoms with E-state index in [2.05, 4.69) is 252 Å². The van der Waals surface area contributed by atoms with Gasteiger partial charge >= 0.3 is 0 Å². The Hall–Kier alpha value is -8.40. The van der Waals surface area contributed by atoms with Crippen LogP contribution in [0.1, 0.15) is 17.0 Å². The van der Waals surface area contributed by atoms with Gasteiger partial charge < -0.3 is 14.2 Å². The second-order valence-electron chi connectivity index (χ2n) is 17.2. The predicted octanol–water partition coefficient (Wildman–Crippen LogP) is 16.4. The van der Waals surface area contributed by atoms with Gasteiger partial charge in [0.05, 0.1) is 22.4 Å². The fraction of sp³-hybridized carbons (Fsp3) is 0.0323. The zero-order chi connectivity index (χ0) is 42.8. The highest BCUT2D eigenvalue weighted by molar-refractivity contribution is 6.15. The van der Waals surface area contributed by atoms with Crippen LogP contribution in [-0.2, 0) is 0 Å². The number of para-hydroxylation sites is 4. The molecular formula is C62H42N2O. The number of benzene rings is 10. The maximum absolute atomic E-state index is 6.58. The van der Waals surface area contributed by atoms with Crippen LogP contribution in [0.15, 0.2) is 243 Å². The molecule has 2 heterocycles. The number of nitrogens with zero attached hydrogens (tertiary/aromatic N) is 2. The van der Waals surface area contributed by atoms with Crippen molar-refractivity contribution in [1.82, 2.24) is 4.57 Å². The number of hydrogen-bond acceptors (Lipinski definition) is 2. The van der Waals surface area contributed by atoms with Crippen LogP contribution in [-0.4, -0.2) is 10.7 Å². The highest BCUT2D eigenvalue weighted by atomic mass is 16.5. The van der Waals surface area contributed by atoms with E-state index in [0.717, 1.165) is 39.6 Å². The van der Waals surface area contributed by atoms with E-state index < -0.39 is 0 Å². The minimum Gasteiger partial charge on any atom is -0.484 e. The Bertz CT molecular complexity index is 3670. The molecule has 0 N–H and O–H groups in total. The lowest BCUT2D eigenvalue weighted by atomic mass is 9.84. The van der Waals surface area contributed by atoms with Crippen LogP contribution in [0, 0.1) is 0 Å². The molecule has 0 spiro atoms. The fourth-order valence-electron chi connectivity index (χ4n) is 10.6. The van der Waals surface area contributed by atoms with Crippen LogP contribution in [0.5, 0.6) is 5.75 Å². The summed E-state index contributed by atoms with van der Waals surface area (Å²) in [6, 6.07) is 81.7. The van der Waals surface area contributed by atoms with E-state index in [0.29, 0.717) is 0 Å². The number of aromatic nitrogens is 1. The van der Waals surface area contributed by atoms with Gasteiger partial charge in [0.2, 0.25) is 0 Å². The van der Waals surface area contributed by atoms with Crippen molar-refractivity contribution in [2.75, 3.05) is 4.90 Å². The molecule has 0 bridgehead atoms. The minimum absolute atomic E-state index is 0.0370. The molecule has 0 amide bonds. The van der Waals surface area contributed by atoms with Crippen LogP contribution in [0.3, 0.4) is 0 Å². The van der Waals surface area contributed by atoms with Crippen LogP contribution in [0.25, 0.3) is 76.9 Å². The van der Waals surface area contributed by atoms with Gasteiger partial charge in [-0.15, -0.1) is 0 Å². The summed E-state index contributed by atoms with van der Waals surface area (Å²) >= 11 is 0.